The number of likely N-dealkylation sites (tertiary alicyclic amines) is 1. The monoisotopic (exact) mass is 900 g/mol. The van der Waals surface area contributed by atoms with Gasteiger partial charge < -0.3 is 15.0 Å². The van der Waals surface area contributed by atoms with E-state index in [9.17, 15) is 23.3 Å². The maximum Gasteiger partial charge on any atom is 0.293 e. The van der Waals surface area contributed by atoms with Gasteiger partial charge in [0, 0.05) is 83.3 Å². The number of sulfonamides is 1. The van der Waals surface area contributed by atoms with Crippen LogP contribution in [-0.2, 0) is 14.8 Å². The van der Waals surface area contributed by atoms with Gasteiger partial charge in [-0.25, -0.2) is 13.1 Å². The highest BCUT2D eigenvalue weighted by Gasteiger charge is 2.30. The number of nitro groups is 1. The van der Waals surface area contributed by atoms with E-state index in [0.717, 1.165) is 73.7 Å². The van der Waals surface area contributed by atoms with Crippen LogP contribution >= 0.6 is 23.4 Å². The first-order valence-corrected chi connectivity index (χ1v) is 24.4. The lowest BCUT2D eigenvalue weighted by atomic mass is 9.91. The molecule has 12 nitrogen and oxygen atoms in total. The van der Waals surface area contributed by atoms with Gasteiger partial charge >= 0.3 is 0 Å². The Morgan fingerprint density at radius 1 is 0.952 bits per heavy atom. The van der Waals surface area contributed by atoms with E-state index in [1.807, 2.05) is 54.6 Å². The van der Waals surface area contributed by atoms with Gasteiger partial charge in [-0.2, -0.15) is 0 Å². The number of piperazine rings is 1. The van der Waals surface area contributed by atoms with E-state index < -0.39 is 20.9 Å². The number of nitro benzene ring substituents is 1. The first-order chi connectivity index (χ1) is 29.9. The van der Waals surface area contributed by atoms with Crippen LogP contribution in [0.25, 0.3) is 5.57 Å². The molecule has 7 rings (SSSR count). The number of rotatable bonds is 17. The van der Waals surface area contributed by atoms with Crippen molar-refractivity contribution in [2.75, 3.05) is 61.9 Å². The molecule has 0 bridgehead atoms. The Kier molecular flexibility index (Phi) is 15.3. The zero-order valence-corrected chi connectivity index (χ0v) is 38.1. The summed E-state index contributed by atoms with van der Waals surface area (Å²) in [7, 11) is -4.44. The van der Waals surface area contributed by atoms with Crippen LogP contribution in [0.4, 0.5) is 17.1 Å². The number of nitrogens with zero attached hydrogens (tertiary/aromatic N) is 4. The van der Waals surface area contributed by atoms with E-state index in [0.29, 0.717) is 31.1 Å². The Labute approximate surface area is 375 Å². The molecular weight excluding hydrogens is 844 g/mol. The lowest BCUT2D eigenvalue weighted by Crippen LogP contribution is -2.50. The van der Waals surface area contributed by atoms with Crippen LogP contribution in [0.3, 0.4) is 0 Å². The fraction of sp³-hybridized carbons (Fsp3) is 0.426. The van der Waals surface area contributed by atoms with Crippen LogP contribution < -0.4 is 14.9 Å². The van der Waals surface area contributed by atoms with Gasteiger partial charge in [-0.1, -0.05) is 41.9 Å². The first kappa shape index (κ1) is 45.6. The minimum atomic E-state index is -4.44. The molecule has 0 spiro atoms. The largest absolute Gasteiger partial charge is 0.377 e. The number of hydrogen-bond donors (Lipinski definition) is 2. The van der Waals surface area contributed by atoms with Crippen molar-refractivity contribution in [3.05, 3.63) is 129 Å². The summed E-state index contributed by atoms with van der Waals surface area (Å²) in [4.78, 5) is 33.1. The molecule has 2 fully saturated rings. The highest BCUT2D eigenvalue weighted by atomic mass is 35.5. The zero-order chi connectivity index (χ0) is 43.8. The number of carbonyl (C=O) groups excluding carboxylic acids is 1. The van der Waals surface area contributed by atoms with E-state index in [-0.39, 0.29) is 33.9 Å². The van der Waals surface area contributed by atoms with Crippen LogP contribution in [0.5, 0.6) is 0 Å². The zero-order valence-electron chi connectivity index (χ0n) is 35.7. The van der Waals surface area contributed by atoms with Gasteiger partial charge in [-0.15, -0.1) is 11.8 Å². The number of anilines is 2. The summed E-state index contributed by atoms with van der Waals surface area (Å²) in [5.74, 6) is -0.156. The van der Waals surface area contributed by atoms with Crippen LogP contribution in [0.1, 0.15) is 68.8 Å². The van der Waals surface area contributed by atoms with E-state index in [1.165, 1.54) is 41.7 Å². The summed E-state index contributed by atoms with van der Waals surface area (Å²) < 4.78 is 35.1. The lowest BCUT2D eigenvalue weighted by Gasteiger charge is -2.41. The third-order valence-electron chi connectivity index (χ3n) is 12.6. The normalized spacial score (nSPS) is 19.9. The molecule has 3 aliphatic rings. The quantitative estimate of drug-likeness (QED) is 0.0597. The molecule has 4 atom stereocenters. The second-order valence-corrected chi connectivity index (χ2v) is 19.8. The molecule has 62 heavy (non-hydrogen) atoms. The highest BCUT2D eigenvalue weighted by molar-refractivity contribution is 7.99. The van der Waals surface area contributed by atoms with Crippen molar-refractivity contribution in [1.82, 2.24) is 14.5 Å². The molecule has 3 aliphatic heterocycles. The van der Waals surface area contributed by atoms with Crippen molar-refractivity contribution in [3.8, 4) is 0 Å². The minimum absolute atomic E-state index is 0.118. The number of benzene rings is 4. The molecule has 4 aromatic carbocycles. The van der Waals surface area contributed by atoms with Crippen LogP contribution in [0.2, 0.25) is 5.02 Å². The Hall–Kier alpha value is -4.44. The van der Waals surface area contributed by atoms with Crippen LogP contribution in [0, 0.1) is 10.1 Å². The molecule has 0 aromatic heterocycles. The van der Waals surface area contributed by atoms with Crippen molar-refractivity contribution in [3.63, 3.8) is 0 Å². The van der Waals surface area contributed by atoms with Gasteiger partial charge in [-0.05, 0) is 137 Å². The number of halogens is 1. The number of thioether (sulfide) groups is 1. The van der Waals surface area contributed by atoms with Gasteiger partial charge in [0.1, 0.15) is 5.69 Å². The molecule has 1 unspecified atom stereocenters. The molecule has 3 heterocycles. The highest BCUT2D eigenvalue weighted by Crippen LogP contribution is 2.33. The van der Waals surface area contributed by atoms with Crippen molar-refractivity contribution in [2.45, 2.75) is 86.8 Å². The molecule has 2 saturated heterocycles. The molecule has 0 aliphatic carbocycles. The average Bonchev–Trinajstić information content (AvgIpc) is 3.61. The van der Waals surface area contributed by atoms with Gasteiger partial charge in [0.05, 0.1) is 23.0 Å². The Bertz CT molecular complexity index is 2300. The molecule has 15 heteroatoms. The van der Waals surface area contributed by atoms with Gasteiger partial charge in [-0.3, -0.25) is 24.7 Å². The second kappa shape index (κ2) is 20.8. The first-order valence-electron chi connectivity index (χ1n) is 21.6. The molecule has 0 radical (unpaired) electrons. The Morgan fingerprint density at radius 3 is 2.32 bits per heavy atom. The molecule has 4 aromatic rings. The summed E-state index contributed by atoms with van der Waals surface area (Å²) in [6, 6.07) is 29.8. The molecular formula is C47H57ClN6O6S2. The average molecular weight is 902 g/mol. The SMILES string of the molecule is CC(C1=C(c2ccc(Cl)cc2)CCOC1)N1CCN(c2ccc(C(=O)NS(=O)(=O)c3ccc(N[C@H](CCCN4[C@H](C)CC[C@@H]4C)CSc4ccccc4)c([N+](=O)[O-])c3)cc2)CC1. The molecule has 330 valence electrons. The van der Waals surface area contributed by atoms with Crippen molar-refractivity contribution < 1.29 is 22.9 Å². The smallest absolute Gasteiger partial charge is 0.293 e. The predicted molar refractivity (Wildman–Crippen MR) is 250 cm³/mol. The maximum atomic E-state index is 13.5. The fourth-order valence-corrected chi connectivity index (χ4v) is 11.0. The summed E-state index contributed by atoms with van der Waals surface area (Å²) in [6.07, 6.45) is 4.91. The fourth-order valence-electron chi connectivity index (χ4n) is 8.90. The minimum Gasteiger partial charge on any atom is -0.377 e. The van der Waals surface area contributed by atoms with E-state index in [4.69, 9.17) is 16.3 Å². The number of carbonyl (C=O) groups is 1. The molecule has 2 N–H and O–H groups in total. The third kappa shape index (κ3) is 11.4. The molecule has 1 amide bonds. The number of nitrogens with one attached hydrogen (secondary N) is 2. The molecule has 0 saturated carbocycles. The second-order valence-electron chi connectivity index (χ2n) is 16.6. The summed E-state index contributed by atoms with van der Waals surface area (Å²) in [6.45, 7) is 12.2. The lowest BCUT2D eigenvalue weighted by molar-refractivity contribution is -0.384. The third-order valence-corrected chi connectivity index (χ3v) is 15.3. The Morgan fingerprint density at radius 2 is 1.65 bits per heavy atom. The summed E-state index contributed by atoms with van der Waals surface area (Å²) >= 11 is 7.83. The van der Waals surface area contributed by atoms with E-state index in [1.54, 1.807) is 23.9 Å². The topological polar surface area (TPSA) is 137 Å². The van der Waals surface area contributed by atoms with Crippen LogP contribution in [-0.4, -0.2) is 105 Å². The number of hydrogen-bond acceptors (Lipinski definition) is 11. The van der Waals surface area contributed by atoms with E-state index in [2.05, 4.69) is 57.6 Å². The predicted octanol–water partition coefficient (Wildman–Crippen LogP) is 8.98. The van der Waals surface area contributed by atoms with Gasteiger partial charge in [0.25, 0.3) is 21.6 Å². The Balaban J connectivity index is 0.965. The van der Waals surface area contributed by atoms with Gasteiger partial charge in [0.2, 0.25) is 0 Å². The summed E-state index contributed by atoms with van der Waals surface area (Å²) in [5, 5.41) is 16.5. The van der Waals surface area contributed by atoms with Crippen LogP contribution in [0.15, 0.2) is 112 Å². The van der Waals surface area contributed by atoms with E-state index >= 15 is 0 Å². The number of amides is 1. The summed E-state index contributed by atoms with van der Waals surface area (Å²) in [5.41, 5.74) is 4.75. The van der Waals surface area contributed by atoms with Crippen molar-refractivity contribution in [1.29, 1.82) is 0 Å². The van der Waals surface area contributed by atoms with Crippen molar-refractivity contribution in [2.24, 2.45) is 0 Å². The standard InChI is InChI=1S/C47H57ClN6O6S2/c1-33-11-12-34(2)53(33)24-7-8-39(32-61-41-9-5-4-6-10-41)49-45-22-21-42(30-46(45)54(56)57)62(58,59)50-47(55)37-15-19-40(20-16-37)52-27-25-51(26-28-52)35(3)44-31-60-29-23-43(44)36-13-17-38(48)18-14-36/h4-6,9-10,13-22,30,33-35,39,49H,7-8,11-12,23-29,31-32H2,1-3H3,(H,50,55)/t33-,34+,35?,39-/m1/s1. The number of ether oxygens (including phenoxy) is 1. The van der Waals surface area contributed by atoms with Gasteiger partial charge in [0.15, 0.2) is 0 Å². The maximum absolute atomic E-state index is 13.5. The van der Waals surface area contributed by atoms with Crippen molar-refractivity contribution >= 4 is 61.9 Å².